The van der Waals surface area contributed by atoms with Crippen LogP contribution in [0.25, 0.3) is 0 Å². The summed E-state index contributed by atoms with van der Waals surface area (Å²) >= 11 is 0. The van der Waals surface area contributed by atoms with Gasteiger partial charge in [-0.2, -0.15) is 0 Å². The van der Waals surface area contributed by atoms with Crippen molar-refractivity contribution in [3.05, 3.63) is 0 Å². The summed E-state index contributed by atoms with van der Waals surface area (Å²) in [6, 6.07) is -0.238. The molecule has 1 saturated heterocycles. The topological polar surface area (TPSA) is 60.8 Å². The van der Waals surface area contributed by atoms with Crippen LogP contribution >= 0.6 is 0 Å². The van der Waals surface area contributed by atoms with E-state index in [9.17, 15) is 4.79 Å². The molecule has 1 fully saturated rings. The summed E-state index contributed by atoms with van der Waals surface area (Å²) in [6.07, 6.45) is -0.854. The Morgan fingerprint density at radius 1 is 1.70 bits per heavy atom. The number of aliphatic hydroxyl groups excluding tert-OH is 1. The highest BCUT2D eigenvalue weighted by Crippen LogP contribution is 2.16. The van der Waals surface area contributed by atoms with Gasteiger partial charge in [0.15, 0.2) is 0 Å². The predicted octanol–water partition coefficient (Wildman–Crippen LogP) is 0.120. The number of amides is 1. The van der Waals surface area contributed by atoms with Gasteiger partial charge in [0.1, 0.15) is 0 Å². The fourth-order valence-electron chi connectivity index (χ4n) is 1.19. The largest absolute Gasteiger partial charge is 0.465 e. The van der Waals surface area contributed by atoms with Crippen molar-refractivity contribution >= 4 is 6.09 Å². The van der Waals surface area contributed by atoms with Crippen LogP contribution < -0.4 is 0 Å². The number of hydrogen-bond donors (Lipinski definition) is 2. The summed E-state index contributed by atoms with van der Waals surface area (Å²) in [4.78, 5) is 11.6. The fraction of sp³-hybridized carbons (Fsp3) is 0.833. The molecule has 1 amide bonds. The molecule has 0 unspecified atom stereocenters. The number of aliphatic hydroxyl groups is 1. The molecule has 4 nitrogen and oxygen atoms in total. The molecule has 1 aliphatic rings. The Balaban J connectivity index is 2.57. The molecule has 1 aliphatic heterocycles. The number of hydrogen-bond acceptors (Lipinski definition) is 2. The third kappa shape index (κ3) is 1.07. The van der Waals surface area contributed by atoms with Crippen LogP contribution in [0.15, 0.2) is 0 Å². The van der Waals surface area contributed by atoms with Gasteiger partial charge in [-0.15, -0.1) is 0 Å². The van der Waals surface area contributed by atoms with Gasteiger partial charge >= 0.3 is 6.09 Å². The first-order chi connectivity index (χ1) is 4.63. The van der Waals surface area contributed by atoms with Crippen molar-refractivity contribution in [2.24, 2.45) is 0 Å². The minimum atomic E-state index is -0.941. The fourth-order valence-corrected chi connectivity index (χ4v) is 1.19. The molecule has 2 atom stereocenters. The third-order valence-electron chi connectivity index (χ3n) is 1.96. The van der Waals surface area contributed by atoms with Crippen LogP contribution in [0, 0.1) is 0 Å². The van der Waals surface area contributed by atoms with Gasteiger partial charge in [0.25, 0.3) is 0 Å². The van der Waals surface area contributed by atoms with Crippen molar-refractivity contribution in [3.63, 3.8) is 0 Å². The molecule has 0 radical (unpaired) electrons. The molecule has 0 spiro atoms. The Morgan fingerprint density at radius 2 is 2.30 bits per heavy atom. The smallest absolute Gasteiger partial charge is 0.407 e. The SMILES string of the molecule is C[C@H]1[C@H](O)CCN1C(=O)O. The van der Waals surface area contributed by atoms with E-state index in [4.69, 9.17) is 10.2 Å². The van der Waals surface area contributed by atoms with Gasteiger partial charge in [-0.1, -0.05) is 0 Å². The first-order valence-electron chi connectivity index (χ1n) is 3.30. The van der Waals surface area contributed by atoms with E-state index >= 15 is 0 Å². The number of carboxylic acid groups (broad SMARTS) is 1. The summed E-state index contributed by atoms with van der Waals surface area (Å²) in [5.74, 6) is 0. The summed E-state index contributed by atoms with van der Waals surface area (Å²) in [6.45, 7) is 2.17. The quantitative estimate of drug-likeness (QED) is 0.509. The van der Waals surface area contributed by atoms with Crippen LogP contribution in [0.3, 0.4) is 0 Å². The lowest BCUT2D eigenvalue weighted by atomic mass is 10.2. The van der Waals surface area contributed by atoms with Gasteiger partial charge in [-0.3, -0.25) is 0 Å². The number of likely N-dealkylation sites (tertiary alicyclic amines) is 1. The highest BCUT2D eigenvalue weighted by molar-refractivity contribution is 5.65. The Bertz CT molecular complexity index is 148. The minimum absolute atomic E-state index is 0.238. The third-order valence-corrected chi connectivity index (χ3v) is 1.96. The van der Waals surface area contributed by atoms with Gasteiger partial charge in [0.2, 0.25) is 0 Å². The Hall–Kier alpha value is -0.770. The maximum atomic E-state index is 10.4. The van der Waals surface area contributed by atoms with Crippen LogP contribution in [-0.2, 0) is 0 Å². The summed E-state index contributed by atoms with van der Waals surface area (Å²) in [5.41, 5.74) is 0. The van der Waals surface area contributed by atoms with Crippen LogP contribution in [0.4, 0.5) is 4.79 Å². The van der Waals surface area contributed by atoms with Crippen molar-refractivity contribution < 1.29 is 15.0 Å². The van der Waals surface area contributed by atoms with Gasteiger partial charge in [-0.25, -0.2) is 4.79 Å². The average Bonchev–Trinajstić information content (AvgIpc) is 2.14. The average molecular weight is 145 g/mol. The molecular weight excluding hydrogens is 134 g/mol. The van der Waals surface area contributed by atoms with E-state index in [1.165, 1.54) is 4.90 Å². The van der Waals surface area contributed by atoms with E-state index in [1.807, 2.05) is 0 Å². The lowest BCUT2D eigenvalue weighted by Crippen LogP contribution is -2.36. The van der Waals surface area contributed by atoms with E-state index in [0.717, 1.165) is 0 Å². The molecule has 1 rings (SSSR count). The summed E-state index contributed by atoms with van der Waals surface area (Å²) in [7, 11) is 0. The van der Waals surface area contributed by atoms with Crippen LogP contribution in [0.1, 0.15) is 13.3 Å². The van der Waals surface area contributed by atoms with Crippen LogP contribution in [0.2, 0.25) is 0 Å². The zero-order valence-corrected chi connectivity index (χ0v) is 5.82. The molecule has 10 heavy (non-hydrogen) atoms. The van der Waals surface area contributed by atoms with E-state index in [-0.39, 0.29) is 6.04 Å². The molecule has 4 heteroatoms. The first kappa shape index (κ1) is 7.34. The zero-order chi connectivity index (χ0) is 7.72. The molecule has 0 aromatic carbocycles. The molecule has 0 bridgehead atoms. The Labute approximate surface area is 59.1 Å². The Kier molecular flexibility index (Phi) is 1.80. The molecule has 0 saturated carbocycles. The maximum absolute atomic E-state index is 10.4. The molecule has 0 aliphatic carbocycles. The second-order valence-electron chi connectivity index (χ2n) is 2.57. The maximum Gasteiger partial charge on any atom is 0.407 e. The molecule has 0 aromatic rings. The van der Waals surface area contributed by atoms with Gasteiger partial charge in [-0.05, 0) is 13.3 Å². The number of nitrogens with zero attached hydrogens (tertiary/aromatic N) is 1. The van der Waals surface area contributed by atoms with Crippen LogP contribution in [0.5, 0.6) is 0 Å². The monoisotopic (exact) mass is 145 g/mol. The summed E-state index contributed by atoms with van der Waals surface area (Å²) < 4.78 is 0. The van der Waals surface area contributed by atoms with E-state index in [2.05, 4.69) is 0 Å². The molecule has 2 N–H and O–H groups in total. The van der Waals surface area contributed by atoms with Crippen molar-refractivity contribution in [2.45, 2.75) is 25.5 Å². The van der Waals surface area contributed by atoms with E-state index in [0.29, 0.717) is 13.0 Å². The van der Waals surface area contributed by atoms with Crippen molar-refractivity contribution in [3.8, 4) is 0 Å². The normalized spacial score (nSPS) is 32.8. The van der Waals surface area contributed by atoms with Crippen molar-refractivity contribution in [1.29, 1.82) is 0 Å². The lowest BCUT2D eigenvalue weighted by molar-refractivity contribution is 0.108. The van der Waals surface area contributed by atoms with Crippen LogP contribution in [-0.4, -0.2) is 39.9 Å². The van der Waals surface area contributed by atoms with Crippen molar-refractivity contribution in [2.75, 3.05) is 6.54 Å². The molecule has 1 heterocycles. The Morgan fingerprint density at radius 3 is 2.50 bits per heavy atom. The van der Waals surface area contributed by atoms with Gasteiger partial charge in [0, 0.05) is 6.54 Å². The van der Waals surface area contributed by atoms with Gasteiger partial charge in [0.05, 0.1) is 12.1 Å². The molecular formula is C6H11NO3. The van der Waals surface area contributed by atoms with E-state index in [1.54, 1.807) is 6.92 Å². The highest BCUT2D eigenvalue weighted by Gasteiger charge is 2.31. The molecule has 58 valence electrons. The highest BCUT2D eigenvalue weighted by atomic mass is 16.4. The second kappa shape index (κ2) is 2.46. The second-order valence-corrected chi connectivity index (χ2v) is 2.57. The van der Waals surface area contributed by atoms with E-state index < -0.39 is 12.2 Å². The summed E-state index contributed by atoms with van der Waals surface area (Å²) in [5, 5.41) is 17.6. The lowest BCUT2D eigenvalue weighted by Gasteiger charge is -2.18. The first-order valence-corrected chi connectivity index (χ1v) is 3.30. The van der Waals surface area contributed by atoms with Gasteiger partial charge < -0.3 is 15.1 Å². The standard InChI is InChI=1S/C6H11NO3/c1-4-5(8)2-3-7(4)6(9)10/h4-5,8H,2-3H2,1H3,(H,9,10)/t4-,5+/m0/s1. The predicted molar refractivity (Wildman–Crippen MR) is 34.8 cm³/mol. The number of carbonyl (C=O) groups is 1. The molecule has 0 aromatic heterocycles. The zero-order valence-electron chi connectivity index (χ0n) is 5.82. The van der Waals surface area contributed by atoms with Crippen molar-refractivity contribution in [1.82, 2.24) is 4.90 Å². The minimum Gasteiger partial charge on any atom is -0.465 e. The number of rotatable bonds is 0.